The number of nitrogens with zero attached hydrogens (tertiary/aromatic N) is 5. The summed E-state index contributed by atoms with van der Waals surface area (Å²) in [5, 5.41) is 0. The largest absolute Gasteiger partial charge is 0.434 e. The zero-order valence-corrected chi connectivity index (χ0v) is 12.6. The smallest absolute Gasteiger partial charge is 0.352 e. The van der Waals surface area contributed by atoms with Crippen molar-refractivity contribution in [3.8, 4) is 0 Å². The highest BCUT2D eigenvalue weighted by molar-refractivity contribution is 5.95. The van der Waals surface area contributed by atoms with Gasteiger partial charge in [0.2, 0.25) is 0 Å². The van der Waals surface area contributed by atoms with Crippen molar-refractivity contribution >= 4 is 11.7 Å². The van der Waals surface area contributed by atoms with Gasteiger partial charge in [-0.2, -0.15) is 13.2 Å². The van der Waals surface area contributed by atoms with Gasteiger partial charge in [-0.05, 0) is 12.1 Å². The second-order valence-electron chi connectivity index (χ2n) is 5.24. The quantitative estimate of drug-likeness (QED) is 0.837. The maximum absolute atomic E-state index is 13.0. The SMILES string of the molecule is O=C(c1cccnc1C(F)(F)F)N1CCN(c2cnccn2)CC1. The van der Waals surface area contributed by atoms with Crippen LogP contribution in [0.25, 0.3) is 0 Å². The van der Waals surface area contributed by atoms with Gasteiger partial charge in [-0.15, -0.1) is 0 Å². The lowest BCUT2D eigenvalue weighted by molar-refractivity contribution is -0.141. The Hall–Kier alpha value is -2.71. The fourth-order valence-electron chi connectivity index (χ4n) is 2.57. The number of halogens is 3. The molecule has 0 bridgehead atoms. The second-order valence-corrected chi connectivity index (χ2v) is 5.24. The standard InChI is InChI=1S/C15H14F3N5O/c16-15(17,18)13-11(2-1-3-21-13)14(24)23-8-6-22(7-9-23)12-10-19-4-5-20-12/h1-5,10H,6-9H2. The minimum Gasteiger partial charge on any atom is -0.352 e. The van der Waals surface area contributed by atoms with E-state index in [9.17, 15) is 18.0 Å². The number of alkyl halides is 3. The molecule has 2 aromatic rings. The number of rotatable bonds is 2. The highest BCUT2D eigenvalue weighted by atomic mass is 19.4. The van der Waals surface area contributed by atoms with Gasteiger partial charge >= 0.3 is 6.18 Å². The first kappa shape index (κ1) is 16.2. The Bertz CT molecular complexity index is 715. The number of aromatic nitrogens is 3. The van der Waals surface area contributed by atoms with Gasteiger partial charge in [0.1, 0.15) is 5.82 Å². The molecule has 0 radical (unpaired) electrons. The predicted octanol–water partition coefficient (Wildman–Crippen LogP) is 1.85. The van der Waals surface area contributed by atoms with Crippen LogP contribution in [0.2, 0.25) is 0 Å². The lowest BCUT2D eigenvalue weighted by Gasteiger charge is -2.35. The van der Waals surface area contributed by atoms with Crippen LogP contribution >= 0.6 is 0 Å². The normalized spacial score (nSPS) is 15.5. The van der Waals surface area contributed by atoms with E-state index in [-0.39, 0.29) is 0 Å². The molecule has 0 atom stereocenters. The van der Waals surface area contributed by atoms with Crippen LogP contribution in [0.15, 0.2) is 36.9 Å². The van der Waals surface area contributed by atoms with Crippen molar-refractivity contribution < 1.29 is 18.0 Å². The van der Waals surface area contributed by atoms with Gasteiger partial charge < -0.3 is 9.80 Å². The van der Waals surface area contributed by atoms with Crippen molar-refractivity contribution in [2.75, 3.05) is 31.1 Å². The fourth-order valence-corrected chi connectivity index (χ4v) is 2.57. The van der Waals surface area contributed by atoms with E-state index in [4.69, 9.17) is 0 Å². The van der Waals surface area contributed by atoms with Crippen LogP contribution in [0.5, 0.6) is 0 Å². The van der Waals surface area contributed by atoms with Crippen molar-refractivity contribution in [2.45, 2.75) is 6.18 Å². The molecule has 0 aromatic carbocycles. The van der Waals surface area contributed by atoms with Crippen molar-refractivity contribution in [3.63, 3.8) is 0 Å². The summed E-state index contributed by atoms with van der Waals surface area (Å²) < 4.78 is 39.0. The zero-order chi connectivity index (χ0) is 17.2. The molecule has 1 aliphatic heterocycles. The fraction of sp³-hybridized carbons (Fsp3) is 0.333. The maximum Gasteiger partial charge on any atom is 0.434 e. The topological polar surface area (TPSA) is 62.2 Å². The van der Waals surface area contributed by atoms with Crippen LogP contribution in [0.1, 0.15) is 16.1 Å². The van der Waals surface area contributed by atoms with Crippen LogP contribution in [-0.2, 0) is 6.18 Å². The summed E-state index contributed by atoms with van der Waals surface area (Å²) in [5.41, 5.74) is -1.57. The van der Waals surface area contributed by atoms with Gasteiger partial charge in [0, 0.05) is 44.8 Å². The first-order chi connectivity index (χ1) is 11.5. The van der Waals surface area contributed by atoms with E-state index in [1.165, 1.54) is 11.0 Å². The Balaban J connectivity index is 1.72. The lowest BCUT2D eigenvalue weighted by atomic mass is 10.1. The van der Waals surface area contributed by atoms with Crippen molar-refractivity contribution in [1.82, 2.24) is 19.9 Å². The highest BCUT2D eigenvalue weighted by Crippen LogP contribution is 2.30. The molecule has 3 heterocycles. The van der Waals surface area contributed by atoms with E-state index in [1.54, 1.807) is 18.6 Å². The summed E-state index contributed by atoms with van der Waals surface area (Å²) >= 11 is 0. The Morgan fingerprint density at radius 2 is 1.79 bits per heavy atom. The number of hydrogen-bond donors (Lipinski definition) is 0. The van der Waals surface area contributed by atoms with Gasteiger partial charge in [-0.25, -0.2) is 4.98 Å². The second kappa shape index (κ2) is 6.42. The van der Waals surface area contributed by atoms with E-state index in [0.717, 1.165) is 12.3 Å². The molecule has 1 saturated heterocycles. The van der Waals surface area contributed by atoms with Crippen molar-refractivity contribution in [2.24, 2.45) is 0 Å². The molecule has 9 heteroatoms. The highest BCUT2D eigenvalue weighted by Gasteiger charge is 2.38. The summed E-state index contributed by atoms with van der Waals surface area (Å²) in [5.74, 6) is 0.0242. The van der Waals surface area contributed by atoms with E-state index in [2.05, 4.69) is 15.0 Å². The molecule has 1 aliphatic rings. The molecule has 1 fully saturated rings. The number of carbonyl (C=O) groups is 1. The minimum absolute atomic E-state index is 0.307. The van der Waals surface area contributed by atoms with Crippen molar-refractivity contribution in [3.05, 3.63) is 48.2 Å². The average Bonchev–Trinajstić information content (AvgIpc) is 2.61. The molecule has 6 nitrogen and oxygen atoms in total. The molecule has 2 aromatic heterocycles. The molecule has 24 heavy (non-hydrogen) atoms. The van der Waals surface area contributed by atoms with E-state index in [1.807, 2.05) is 4.90 Å². The van der Waals surface area contributed by atoms with Crippen LogP contribution < -0.4 is 4.90 Å². The third-order valence-electron chi connectivity index (χ3n) is 3.75. The van der Waals surface area contributed by atoms with Crippen LogP contribution in [0.4, 0.5) is 19.0 Å². The van der Waals surface area contributed by atoms with Gasteiger partial charge in [-0.3, -0.25) is 14.8 Å². The number of anilines is 1. The minimum atomic E-state index is -4.66. The predicted molar refractivity (Wildman–Crippen MR) is 79.4 cm³/mol. The maximum atomic E-state index is 13.0. The van der Waals surface area contributed by atoms with E-state index < -0.39 is 23.3 Å². The first-order valence-corrected chi connectivity index (χ1v) is 7.29. The zero-order valence-electron chi connectivity index (χ0n) is 12.6. The third-order valence-corrected chi connectivity index (χ3v) is 3.75. The Kier molecular flexibility index (Phi) is 4.32. The molecule has 0 aliphatic carbocycles. The number of piperazine rings is 1. The Morgan fingerprint density at radius 3 is 2.42 bits per heavy atom. The van der Waals surface area contributed by atoms with Gasteiger partial charge in [-0.1, -0.05) is 0 Å². The molecular formula is C15H14F3N5O. The van der Waals surface area contributed by atoms with E-state index in [0.29, 0.717) is 32.0 Å². The number of hydrogen-bond acceptors (Lipinski definition) is 5. The summed E-state index contributed by atoms with van der Waals surface area (Å²) in [6, 6.07) is 2.49. The summed E-state index contributed by atoms with van der Waals surface area (Å²) in [4.78, 5) is 27.3. The molecule has 0 unspecified atom stereocenters. The Morgan fingerprint density at radius 1 is 1.04 bits per heavy atom. The molecule has 3 rings (SSSR count). The number of amides is 1. The van der Waals surface area contributed by atoms with Crippen molar-refractivity contribution in [1.29, 1.82) is 0 Å². The number of carbonyl (C=O) groups excluding carboxylic acids is 1. The molecule has 1 amide bonds. The first-order valence-electron chi connectivity index (χ1n) is 7.29. The molecule has 0 saturated carbocycles. The lowest BCUT2D eigenvalue weighted by Crippen LogP contribution is -2.49. The molecular weight excluding hydrogens is 323 g/mol. The van der Waals surface area contributed by atoms with Crippen LogP contribution in [-0.4, -0.2) is 51.9 Å². The molecule has 126 valence electrons. The summed E-state index contributed by atoms with van der Waals surface area (Å²) in [6.07, 6.45) is 1.11. The van der Waals surface area contributed by atoms with Gasteiger partial charge in [0.15, 0.2) is 5.69 Å². The summed E-state index contributed by atoms with van der Waals surface area (Å²) in [7, 11) is 0. The molecule has 0 spiro atoms. The molecule has 0 N–H and O–H groups in total. The summed E-state index contributed by atoms with van der Waals surface area (Å²) in [6.45, 7) is 1.57. The van der Waals surface area contributed by atoms with Gasteiger partial charge in [0.25, 0.3) is 5.91 Å². The average molecular weight is 337 g/mol. The third kappa shape index (κ3) is 3.29. The van der Waals surface area contributed by atoms with Gasteiger partial charge in [0.05, 0.1) is 11.8 Å². The van der Waals surface area contributed by atoms with Crippen LogP contribution in [0, 0.1) is 0 Å². The van der Waals surface area contributed by atoms with E-state index >= 15 is 0 Å². The number of pyridine rings is 1. The Labute approximate surface area is 136 Å². The van der Waals surface area contributed by atoms with Crippen LogP contribution in [0.3, 0.4) is 0 Å². The monoisotopic (exact) mass is 337 g/mol.